The van der Waals surface area contributed by atoms with Gasteiger partial charge in [0.2, 0.25) is 0 Å². The first-order chi connectivity index (χ1) is 19.4. The van der Waals surface area contributed by atoms with Gasteiger partial charge in [-0.1, -0.05) is 6.92 Å². The van der Waals surface area contributed by atoms with E-state index in [0.717, 1.165) is 0 Å². The zero-order valence-corrected chi connectivity index (χ0v) is 24.4. The molecule has 11 heteroatoms. The smallest absolute Gasteiger partial charge is 0.407 e. The number of hydrogen-bond acceptors (Lipinski definition) is 9. The van der Waals surface area contributed by atoms with E-state index in [-0.39, 0.29) is 11.7 Å². The number of carbonyl (C=O) groups excluding carboxylic acids is 2. The summed E-state index contributed by atoms with van der Waals surface area (Å²) in [5.74, 6) is 0.801. The van der Waals surface area contributed by atoms with Gasteiger partial charge < -0.3 is 36.0 Å². The second-order valence-electron chi connectivity index (χ2n) is 10.3. The lowest BCUT2D eigenvalue weighted by molar-refractivity contribution is 0.0525. The highest BCUT2D eigenvalue weighted by Gasteiger charge is 2.16. The molecule has 1 aromatic carbocycles. The summed E-state index contributed by atoms with van der Waals surface area (Å²) in [5, 5.41) is 13.6. The monoisotopic (exact) mass is 562 g/mol. The maximum Gasteiger partial charge on any atom is 0.407 e. The van der Waals surface area contributed by atoms with Crippen molar-refractivity contribution in [3.8, 4) is 22.8 Å². The first-order valence-electron chi connectivity index (χ1n) is 13.3. The Balaban J connectivity index is 1.68. The van der Waals surface area contributed by atoms with Crippen LogP contribution in [0.3, 0.4) is 0 Å². The molecule has 0 aliphatic rings. The number of amides is 2. The van der Waals surface area contributed by atoms with Crippen molar-refractivity contribution in [2.75, 3.05) is 31.3 Å². The molecule has 2 aromatic heterocycles. The van der Waals surface area contributed by atoms with Crippen molar-refractivity contribution in [3.63, 3.8) is 0 Å². The molecule has 3 aromatic rings. The molecule has 5 N–H and O–H groups in total. The van der Waals surface area contributed by atoms with E-state index in [1.807, 2.05) is 13.8 Å². The number of aryl methyl sites for hydroxylation is 1. The first kappa shape index (κ1) is 30.9. The standard InChI is InChI=1S/C30H38N6O5/c1-7-25(31)23-9-10-26(36-27(23)32)24-15-20(17-34-18(24)2)35-28(37)19-13-21(39-6)16-22(14-19)40-12-8-11-33-29(38)41-30(3,4)5/h9-10,13-17,31H,7-8,11-12H2,1-6H3,(H2,32,36)(H,33,38)(H,35,37). The van der Waals surface area contributed by atoms with Crippen molar-refractivity contribution in [2.45, 2.75) is 53.1 Å². The Kier molecular flexibility index (Phi) is 10.2. The molecule has 0 fully saturated rings. The fraction of sp³-hybridized carbons (Fsp3) is 0.367. The quantitative estimate of drug-likeness (QED) is 0.179. The lowest BCUT2D eigenvalue weighted by Crippen LogP contribution is -2.33. The van der Waals surface area contributed by atoms with Crippen LogP contribution in [0.2, 0.25) is 0 Å². The van der Waals surface area contributed by atoms with Crippen LogP contribution < -0.4 is 25.8 Å². The van der Waals surface area contributed by atoms with E-state index < -0.39 is 11.7 Å². The van der Waals surface area contributed by atoms with Gasteiger partial charge in [0, 0.05) is 40.7 Å². The Morgan fingerprint density at radius 3 is 2.49 bits per heavy atom. The fourth-order valence-electron chi connectivity index (χ4n) is 3.81. The van der Waals surface area contributed by atoms with Crippen LogP contribution in [-0.2, 0) is 4.74 Å². The Bertz CT molecular complexity index is 1420. The summed E-state index contributed by atoms with van der Waals surface area (Å²) in [7, 11) is 1.51. The van der Waals surface area contributed by atoms with Crippen LogP contribution in [0.15, 0.2) is 42.6 Å². The number of nitrogen functional groups attached to an aromatic ring is 1. The largest absolute Gasteiger partial charge is 0.497 e. The number of carbonyl (C=O) groups is 2. The molecule has 2 heterocycles. The minimum atomic E-state index is -0.565. The van der Waals surface area contributed by atoms with Gasteiger partial charge in [-0.25, -0.2) is 9.78 Å². The molecule has 0 unspecified atom stereocenters. The van der Waals surface area contributed by atoms with E-state index in [2.05, 4.69) is 20.6 Å². The zero-order valence-electron chi connectivity index (χ0n) is 24.4. The molecule has 0 saturated carbocycles. The third-order valence-corrected chi connectivity index (χ3v) is 5.86. The summed E-state index contributed by atoms with van der Waals surface area (Å²) in [6.07, 6.45) is 2.17. The number of nitrogens with zero attached hydrogens (tertiary/aromatic N) is 2. The second-order valence-corrected chi connectivity index (χ2v) is 10.3. The SMILES string of the molecule is CCC(=N)c1ccc(-c2cc(NC(=O)c3cc(OC)cc(OCCCNC(=O)OC(C)(C)C)c3)cnc2C)nc1N. The molecule has 0 radical (unpaired) electrons. The Hall–Kier alpha value is -4.67. The number of nitrogens with one attached hydrogen (secondary N) is 3. The minimum absolute atomic E-state index is 0.271. The second kappa shape index (κ2) is 13.6. The summed E-state index contributed by atoms with van der Waals surface area (Å²) >= 11 is 0. The summed E-state index contributed by atoms with van der Waals surface area (Å²) in [6.45, 7) is 9.81. The van der Waals surface area contributed by atoms with Gasteiger partial charge in [0.1, 0.15) is 22.9 Å². The molecule has 0 atom stereocenters. The number of pyridine rings is 2. The Morgan fingerprint density at radius 2 is 1.83 bits per heavy atom. The number of hydrogen-bond donors (Lipinski definition) is 4. The van der Waals surface area contributed by atoms with Gasteiger partial charge in [-0.3, -0.25) is 9.78 Å². The third-order valence-electron chi connectivity index (χ3n) is 5.86. The van der Waals surface area contributed by atoms with Gasteiger partial charge in [-0.15, -0.1) is 0 Å². The van der Waals surface area contributed by atoms with Crippen molar-refractivity contribution < 1.29 is 23.8 Å². The Morgan fingerprint density at radius 1 is 1.10 bits per heavy atom. The molecule has 41 heavy (non-hydrogen) atoms. The molecular weight excluding hydrogens is 524 g/mol. The number of rotatable bonds is 11. The normalized spacial score (nSPS) is 11.0. The average Bonchev–Trinajstić information content (AvgIpc) is 2.92. The van der Waals surface area contributed by atoms with E-state index in [9.17, 15) is 9.59 Å². The van der Waals surface area contributed by atoms with E-state index in [4.69, 9.17) is 25.4 Å². The molecule has 218 valence electrons. The van der Waals surface area contributed by atoms with Crippen LogP contribution in [0.25, 0.3) is 11.3 Å². The predicted molar refractivity (Wildman–Crippen MR) is 159 cm³/mol. The highest BCUT2D eigenvalue weighted by atomic mass is 16.6. The van der Waals surface area contributed by atoms with Crippen LogP contribution in [0.5, 0.6) is 11.5 Å². The summed E-state index contributed by atoms with van der Waals surface area (Å²) in [5.41, 5.74) is 9.38. The molecule has 0 spiro atoms. The van der Waals surface area contributed by atoms with Gasteiger partial charge in [-0.2, -0.15) is 0 Å². The molecular formula is C30H38N6O5. The molecule has 0 saturated heterocycles. The highest BCUT2D eigenvalue weighted by molar-refractivity contribution is 6.05. The van der Waals surface area contributed by atoms with Crippen LogP contribution in [0.4, 0.5) is 16.3 Å². The van der Waals surface area contributed by atoms with Crippen molar-refractivity contribution in [3.05, 3.63) is 59.4 Å². The highest BCUT2D eigenvalue weighted by Crippen LogP contribution is 2.27. The van der Waals surface area contributed by atoms with Gasteiger partial charge >= 0.3 is 6.09 Å². The molecule has 0 aliphatic heterocycles. The average molecular weight is 563 g/mol. The maximum atomic E-state index is 13.2. The number of ether oxygens (including phenoxy) is 3. The van der Waals surface area contributed by atoms with Gasteiger partial charge in [0.25, 0.3) is 5.91 Å². The minimum Gasteiger partial charge on any atom is -0.497 e. The lowest BCUT2D eigenvalue weighted by atomic mass is 10.1. The summed E-state index contributed by atoms with van der Waals surface area (Å²) in [4.78, 5) is 33.8. The molecule has 2 amide bonds. The molecule has 0 bridgehead atoms. The summed E-state index contributed by atoms with van der Waals surface area (Å²) < 4.78 is 16.4. The van der Waals surface area contributed by atoms with Gasteiger partial charge in [0.05, 0.1) is 31.3 Å². The van der Waals surface area contributed by atoms with Gasteiger partial charge in [-0.05, 0) is 70.9 Å². The number of alkyl carbamates (subject to hydrolysis) is 1. The molecule has 3 rings (SSSR count). The number of nitrogens with two attached hydrogens (primary N) is 1. The topological polar surface area (TPSA) is 162 Å². The van der Waals surface area contributed by atoms with E-state index in [1.165, 1.54) is 7.11 Å². The number of benzene rings is 1. The summed E-state index contributed by atoms with van der Waals surface area (Å²) in [6, 6.07) is 10.3. The van der Waals surface area contributed by atoms with E-state index in [0.29, 0.717) is 77.0 Å². The first-order valence-corrected chi connectivity index (χ1v) is 13.3. The van der Waals surface area contributed by atoms with Crippen molar-refractivity contribution in [2.24, 2.45) is 0 Å². The molecule has 0 aliphatic carbocycles. The lowest BCUT2D eigenvalue weighted by Gasteiger charge is -2.19. The zero-order chi connectivity index (χ0) is 30.2. The third kappa shape index (κ3) is 8.92. The van der Waals surface area contributed by atoms with Gasteiger partial charge in [0.15, 0.2) is 0 Å². The van der Waals surface area contributed by atoms with E-state index >= 15 is 0 Å². The van der Waals surface area contributed by atoms with Crippen molar-refractivity contribution in [1.29, 1.82) is 5.41 Å². The fourth-order valence-corrected chi connectivity index (χ4v) is 3.81. The number of aromatic nitrogens is 2. The Labute approximate surface area is 240 Å². The molecule has 11 nitrogen and oxygen atoms in total. The number of anilines is 2. The van der Waals surface area contributed by atoms with E-state index in [1.54, 1.807) is 63.4 Å². The van der Waals surface area contributed by atoms with Crippen LogP contribution >= 0.6 is 0 Å². The van der Waals surface area contributed by atoms with Crippen molar-refractivity contribution in [1.82, 2.24) is 15.3 Å². The van der Waals surface area contributed by atoms with Crippen molar-refractivity contribution >= 4 is 29.2 Å². The van der Waals surface area contributed by atoms with Crippen LogP contribution in [0, 0.1) is 12.3 Å². The predicted octanol–water partition coefficient (Wildman–Crippen LogP) is 5.37. The maximum absolute atomic E-state index is 13.2. The van der Waals surface area contributed by atoms with Crippen LogP contribution in [-0.4, -0.2) is 53.5 Å². The number of methoxy groups -OCH3 is 1. The van der Waals surface area contributed by atoms with Crippen LogP contribution in [0.1, 0.15) is 62.2 Å².